The van der Waals surface area contributed by atoms with Crippen molar-refractivity contribution >= 4 is 17.7 Å². The smallest absolute Gasteiger partial charge is 0.231 e. The molecule has 29 heavy (non-hydrogen) atoms. The van der Waals surface area contributed by atoms with Gasteiger partial charge in [-0.25, -0.2) is 4.98 Å². The normalized spacial score (nSPS) is 12.4. The van der Waals surface area contributed by atoms with Crippen LogP contribution in [0.2, 0.25) is 0 Å². The topological polar surface area (TPSA) is 65.4 Å². The van der Waals surface area contributed by atoms with Gasteiger partial charge in [-0.05, 0) is 41.3 Å². The first kappa shape index (κ1) is 19.4. The predicted octanol–water partition coefficient (Wildman–Crippen LogP) is 4.13. The number of carbonyl (C=O) groups excluding carboxylic acids is 1. The Morgan fingerprint density at radius 3 is 2.76 bits per heavy atom. The molecule has 0 unspecified atom stereocenters. The lowest BCUT2D eigenvalue weighted by Gasteiger charge is -2.10. The summed E-state index contributed by atoms with van der Waals surface area (Å²) in [5.41, 5.74) is 3.31. The van der Waals surface area contributed by atoms with E-state index < -0.39 is 0 Å². The number of aromatic nitrogens is 2. The van der Waals surface area contributed by atoms with Gasteiger partial charge in [0.2, 0.25) is 12.7 Å². The van der Waals surface area contributed by atoms with Crippen molar-refractivity contribution in [3.8, 4) is 17.2 Å². The molecule has 150 valence electrons. The summed E-state index contributed by atoms with van der Waals surface area (Å²) in [5, 5.41) is 3.73. The van der Waals surface area contributed by atoms with Crippen molar-refractivity contribution < 1.29 is 14.3 Å². The van der Waals surface area contributed by atoms with Crippen LogP contribution < -0.4 is 14.8 Å². The molecule has 1 amide bonds. The van der Waals surface area contributed by atoms with Crippen molar-refractivity contribution in [3.63, 3.8) is 0 Å². The van der Waals surface area contributed by atoms with E-state index in [-0.39, 0.29) is 12.7 Å². The lowest BCUT2D eigenvalue weighted by atomic mass is 10.0. The molecule has 0 bridgehead atoms. The number of ether oxygens (including phenoxy) is 2. The number of nitrogens with zero attached hydrogens (tertiary/aromatic N) is 2. The fraction of sp³-hybridized carbons (Fsp3) is 0.273. The van der Waals surface area contributed by atoms with E-state index in [0.29, 0.717) is 18.2 Å². The van der Waals surface area contributed by atoms with Gasteiger partial charge in [-0.1, -0.05) is 43.8 Å². The van der Waals surface area contributed by atoms with Gasteiger partial charge in [0, 0.05) is 24.6 Å². The summed E-state index contributed by atoms with van der Waals surface area (Å²) in [6.45, 7) is 5.04. The van der Waals surface area contributed by atoms with Crippen LogP contribution in [0.4, 0.5) is 0 Å². The molecule has 3 aromatic rings. The van der Waals surface area contributed by atoms with E-state index >= 15 is 0 Å². The highest BCUT2D eigenvalue weighted by molar-refractivity contribution is 7.99. The third-order valence-electron chi connectivity index (χ3n) is 4.70. The molecule has 2 aromatic carbocycles. The predicted molar refractivity (Wildman–Crippen MR) is 113 cm³/mol. The quantitative estimate of drug-likeness (QED) is 0.595. The van der Waals surface area contributed by atoms with Gasteiger partial charge in [0.15, 0.2) is 16.7 Å². The van der Waals surface area contributed by atoms with Gasteiger partial charge in [-0.2, -0.15) is 0 Å². The molecule has 0 atom stereocenters. The van der Waals surface area contributed by atoms with Gasteiger partial charge in [0.25, 0.3) is 0 Å². The van der Waals surface area contributed by atoms with Gasteiger partial charge < -0.3 is 14.8 Å². The minimum absolute atomic E-state index is 0.0441. The number of thioether (sulfide) groups is 1. The van der Waals surface area contributed by atoms with Gasteiger partial charge in [0.1, 0.15) is 0 Å². The van der Waals surface area contributed by atoms with Crippen molar-refractivity contribution in [3.05, 3.63) is 66.0 Å². The fourth-order valence-corrected chi connectivity index (χ4v) is 3.85. The maximum absolute atomic E-state index is 12.3. The van der Waals surface area contributed by atoms with Crippen molar-refractivity contribution in [2.45, 2.75) is 31.5 Å². The van der Waals surface area contributed by atoms with Gasteiger partial charge >= 0.3 is 0 Å². The molecule has 1 aromatic heterocycles. The first-order valence-corrected chi connectivity index (χ1v) is 10.5. The maximum atomic E-state index is 12.3. The van der Waals surface area contributed by atoms with Gasteiger partial charge in [0.05, 0.1) is 5.75 Å². The summed E-state index contributed by atoms with van der Waals surface area (Å²) in [4.78, 5) is 16.7. The SMILES string of the molecule is CC(C)c1ccc(-n2ccnc2SCC(=O)NCc2ccc3c(c2)OCO3)cc1. The number of amides is 1. The van der Waals surface area contributed by atoms with Crippen LogP contribution in [-0.4, -0.2) is 28.0 Å². The second-order valence-electron chi connectivity index (χ2n) is 7.08. The van der Waals surface area contributed by atoms with E-state index in [1.54, 1.807) is 6.20 Å². The highest BCUT2D eigenvalue weighted by Gasteiger charge is 2.14. The molecule has 0 saturated carbocycles. The summed E-state index contributed by atoms with van der Waals surface area (Å²) in [7, 11) is 0. The lowest BCUT2D eigenvalue weighted by molar-refractivity contribution is -0.118. The van der Waals surface area contributed by atoms with Gasteiger partial charge in [-0.3, -0.25) is 9.36 Å². The Balaban J connectivity index is 1.32. The molecular formula is C22H23N3O3S. The zero-order chi connectivity index (χ0) is 20.2. The number of hydrogen-bond acceptors (Lipinski definition) is 5. The molecule has 1 N–H and O–H groups in total. The zero-order valence-corrected chi connectivity index (χ0v) is 17.2. The third-order valence-corrected chi connectivity index (χ3v) is 5.67. The molecule has 7 heteroatoms. The standard InChI is InChI=1S/C22H23N3O3S/c1-15(2)17-4-6-18(7-5-17)25-10-9-23-22(25)29-13-21(26)24-12-16-3-8-19-20(11-16)28-14-27-19/h3-11,15H,12-14H2,1-2H3,(H,24,26). The lowest BCUT2D eigenvalue weighted by Crippen LogP contribution is -2.24. The summed E-state index contributed by atoms with van der Waals surface area (Å²) >= 11 is 1.42. The molecule has 2 heterocycles. The van der Waals surface area contributed by atoms with Crippen LogP contribution in [0, 0.1) is 0 Å². The largest absolute Gasteiger partial charge is 0.454 e. The highest BCUT2D eigenvalue weighted by Crippen LogP contribution is 2.32. The highest BCUT2D eigenvalue weighted by atomic mass is 32.2. The number of carbonyl (C=O) groups is 1. The molecule has 1 aliphatic rings. The van der Waals surface area contributed by atoms with E-state index in [1.807, 2.05) is 29.0 Å². The van der Waals surface area contributed by atoms with Crippen molar-refractivity contribution in [2.75, 3.05) is 12.5 Å². The molecule has 0 spiro atoms. The Labute approximate surface area is 174 Å². The zero-order valence-electron chi connectivity index (χ0n) is 16.4. The van der Waals surface area contributed by atoms with Crippen molar-refractivity contribution in [2.24, 2.45) is 0 Å². The van der Waals surface area contributed by atoms with E-state index in [0.717, 1.165) is 27.9 Å². The molecule has 4 rings (SSSR count). The van der Waals surface area contributed by atoms with Crippen LogP contribution in [0.15, 0.2) is 60.0 Å². The summed E-state index contributed by atoms with van der Waals surface area (Å²) in [6, 6.07) is 14.1. The van der Waals surface area contributed by atoms with Crippen LogP contribution >= 0.6 is 11.8 Å². The fourth-order valence-electron chi connectivity index (χ4n) is 3.05. The van der Waals surface area contributed by atoms with Crippen molar-refractivity contribution in [1.82, 2.24) is 14.9 Å². The van der Waals surface area contributed by atoms with Crippen LogP contribution in [0.5, 0.6) is 11.5 Å². The first-order valence-electron chi connectivity index (χ1n) is 9.52. The van der Waals surface area contributed by atoms with Crippen LogP contribution in [0.3, 0.4) is 0 Å². The number of hydrogen-bond donors (Lipinski definition) is 1. The monoisotopic (exact) mass is 409 g/mol. The van der Waals surface area contributed by atoms with Crippen LogP contribution in [0.1, 0.15) is 30.9 Å². The van der Waals surface area contributed by atoms with E-state index in [1.165, 1.54) is 17.3 Å². The second kappa shape index (κ2) is 8.61. The molecule has 0 radical (unpaired) electrons. The molecule has 0 saturated heterocycles. The Morgan fingerprint density at radius 2 is 1.97 bits per heavy atom. The summed E-state index contributed by atoms with van der Waals surface area (Å²) < 4.78 is 12.7. The molecule has 0 fully saturated rings. The van der Waals surface area contributed by atoms with Gasteiger partial charge in [-0.15, -0.1) is 0 Å². The average Bonchev–Trinajstić information content (AvgIpc) is 3.39. The Hall–Kier alpha value is -2.93. The number of benzene rings is 2. The number of nitrogens with one attached hydrogen (secondary N) is 1. The number of imidazole rings is 1. The Morgan fingerprint density at radius 1 is 1.17 bits per heavy atom. The third kappa shape index (κ3) is 4.56. The Bertz CT molecular complexity index is 999. The van der Waals surface area contributed by atoms with Crippen LogP contribution in [-0.2, 0) is 11.3 Å². The van der Waals surface area contributed by atoms with E-state index in [2.05, 4.69) is 48.4 Å². The second-order valence-corrected chi connectivity index (χ2v) is 8.02. The minimum Gasteiger partial charge on any atom is -0.454 e. The van der Waals surface area contributed by atoms with E-state index in [9.17, 15) is 4.79 Å². The number of rotatable bonds is 7. The average molecular weight is 410 g/mol. The number of fused-ring (bicyclic) bond motifs is 1. The van der Waals surface area contributed by atoms with E-state index in [4.69, 9.17) is 9.47 Å². The molecular weight excluding hydrogens is 386 g/mol. The minimum atomic E-state index is -0.0441. The maximum Gasteiger partial charge on any atom is 0.231 e. The first-order chi connectivity index (χ1) is 14.1. The molecule has 6 nitrogen and oxygen atoms in total. The summed E-state index contributed by atoms with van der Waals surface area (Å²) in [6.07, 6.45) is 3.67. The van der Waals surface area contributed by atoms with Crippen LogP contribution in [0.25, 0.3) is 5.69 Å². The Kier molecular flexibility index (Phi) is 5.76. The molecule has 0 aliphatic carbocycles. The summed E-state index contributed by atoms with van der Waals surface area (Å²) in [5.74, 6) is 2.21. The van der Waals surface area contributed by atoms with Crippen molar-refractivity contribution in [1.29, 1.82) is 0 Å². The molecule has 1 aliphatic heterocycles.